The number of ether oxygens (including phenoxy) is 2. The van der Waals surface area contributed by atoms with Crippen molar-refractivity contribution in [2.24, 2.45) is 0 Å². The maximum Gasteiger partial charge on any atom is 0.270 e. The van der Waals surface area contributed by atoms with E-state index in [0.29, 0.717) is 30.3 Å². The average Bonchev–Trinajstić information content (AvgIpc) is 3.03. The molecule has 2 aromatic heterocycles. The number of fused-ring (bicyclic) bond motifs is 1. The SMILES string of the molecule is CC1(C)C[C@@H](n2[nH]c(=O)c3c2NC(=O)CS[C@H]3c2ccccc2OCc2ccccn2)CCO1. The lowest BCUT2D eigenvalue weighted by Crippen LogP contribution is -2.36. The quantitative estimate of drug-likeness (QED) is 0.572. The number of aromatic nitrogens is 3. The minimum atomic E-state index is -0.355. The molecule has 8 nitrogen and oxygen atoms in total. The maximum atomic E-state index is 13.3. The van der Waals surface area contributed by atoms with Gasteiger partial charge in [0.2, 0.25) is 5.91 Å². The highest BCUT2D eigenvalue weighted by molar-refractivity contribution is 8.00. The number of carbonyl (C=O) groups excluding carboxylic acids is 1. The smallest absolute Gasteiger partial charge is 0.270 e. The Morgan fingerprint density at radius 3 is 2.82 bits per heavy atom. The van der Waals surface area contributed by atoms with Gasteiger partial charge in [0.25, 0.3) is 5.56 Å². The monoisotopic (exact) mass is 480 g/mol. The molecular formula is C25H28N4O4S. The fraction of sp³-hybridized carbons (Fsp3) is 0.400. The molecule has 2 N–H and O–H groups in total. The molecule has 0 spiro atoms. The van der Waals surface area contributed by atoms with Gasteiger partial charge in [0.15, 0.2) is 0 Å². The zero-order chi connectivity index (χ0) is 23.7. The van der Waals surface area contributed by atoms with Crippen LogP contribution in [0.2, 0.25) is 0 Å². The Morgan fingerprint density at radius 1 is 1.21 bits per heavy atom. The van der Waals surface area contributed by atoms with Crippen LogP contribution in [-0.4, -0.2) is 38.6 Å². The summed E-state index contributed by atoms with van der Waals surface area (Å²) < 4.78 is 13.8. The Labute approximate surface area is 202 Å². The molecule has 2 aliphatic heterocycles. The first kappa shape index (κ1) is 22.7. The zero-order valence-electron chi connectivity index (χ0n) is 19.2. The minimum absolute atomic E-state index is 0.0277. The van der Waals surface area contributed by atoms with Crippen molar-refractivity contribution in [1.82, 2.24) is 14.8 Å². The summed E-state index contributed by atoms with van der Waals surface area (Å²) in [5.41, 5.74) is 1.73. The number of amides is 1. The summed E-state index contributed by atoms with van der Waals surface area (Å²) in [5, 5.41) is 5.65. The number of nitrogens with one attached hydrogen (secondary N) is 2. The molecule has 2 atom stereocenters. The second-order valence-corrected chi connectivity index (χ2v) is 10.3. The molecule has 1 fully saturated rings. The standard InChI is InChI=1S/C25H28N4O4S/c1-25(2)13-17(10-12-33-25)29-23-21(24(31)28-29)22(34-15-20(30)27-23)18-8-3-4-9-19(18)32-14-16-7-5-6-11-26-16/h3-9,11,17,22H,10,12-15H2,1-2H3,(H,27,30)(H,28,31)/t17-,22-/m0/s1. The molecule has 0 radical (unpaired) electrons. The molecule has 1 saturated heterocycles. The van der Waals surface area contributed by atoms with E-state index in [1.54, 1.807) is 6.20 Å². The number of pyridine rings is 1. The van der Waals surface area contributed by atoms with Crippen LogP contribution < -0.4 is 15.6 Å². The van der Waals surface area contributed by atoms with Gasteiger partial charge in [0, 0.05) is 18.4 Å². The van der Waals surface area contributed by atoms with Gasteiger partial charge in [0.1, 0.15) is 18.2 Å². The number of H-pyrrole nitrogens is 1. The molecule has 9 heteroatoms. The summed E-state index contributed by atoms with van der Waals surface area (Å²) in [6.07, 6.45) is 3.23. The summed E-state index contributed by atoms with van der Waals surface area (Å²) in [6.45, 7) is 5.01. The number of carbonyl (C=O) groups is 1. The van der Waals surface area contributed by atoms with Crippen molar-refractivity contribution in [2.45, 2.75) is 50.2 Å². The Hall–Kier alpha value is -3.04. The second kappa shape index (κ2) is 9.31. The molecule has 0 aliphatic carbocycles. The highest BCUT2D eigenvalue weighted by Gasteiger charge is 2.36. The van der Waals surface area contributed by atoms with E-state index >= 15 is 0 Å². The van der Waals surface area contributed by atoms with Gasteiger partial charge in [-0.05, 0) is 44.9 Å². The largest absolute Gasteiger partial charge is 0.487 e. The lowest BCUT2D eigenvalue weighted by atomic mass is 9.94. The molecule has 0 saturated carbocycles. The number of anilines is 1. The first-order chi connectivity index (χ1) is 16.4. The van der Waals surface area contributed by atoms with E-state index in [1.165, 1.54) is 11.8 Å². The van der Waals surface area contributed by atoms with Gasteiger partial charge in [0.05, 0.1) is 33.9 Å². The van der Waals surface area contributed by atoms with Crippen LogP contribution in [0.3, 0.4) is 0 Å². The summed E-state index contributed by atoms with van der Waals surface area (Å²) in [6, 6.07) is 13.4. The van der Waals surface area contributed by atoms with E-state index in [0.717, 1.165) is 24.1 Å². The zero-order valence-corrected chi connectivity index (χ0v) is 20.1. The van der Waals surface area contributed by atoms with E-state index in [9.17, 15) is 9.59 Å². The summed E-state index contributed by atoms with van der Waals surface area (Å²) in [4.78, 5) is 30.3. The van der Waals surface area contributed by atoms with Crippen LogP contribution >= 0.6 is 11.8 Å². The van der Waals surface area contributed by atoms with Gasteiger partial charge < -0.3 is 14.8 Å². The van der Waals surface area contributed by atoms with Crippen molar-refractivity contribution in [3.05, 3.63) is 75.8 Å². The van der Waals surface area contributed by atoms with Crippen molar-refractivity contribution in [2.75, 3.05) is 17.7 Å². The van der Waals surface area contributed by atoms with Crippen LogP contribution in [0.5, 0.6) is 5.75 Å². The first-order valence-electron chi connectivity index (χ1n) is 11.4. The molecule has 3 aromatic rings. The van der Waals surface area contributed by atoms with Gasteiger partial charge in [-0.1, -0.05) is 24.3 Å². The molecule has 1 aromatic carbocycles. The number of hydrogen-bond acceptors (Lipinski definition) is 6. The Balaban J connectivity index is 1.52. The molecule has 0 bridgehead atoms. The van der Waals surface area contributed by atoms with Gasteiger partial charge in [-0.3, -0.25) is 24.4 Å². The normalized spacial score (nSPS) is 21.9. The molecule has 1 amide bonds. The topological polar surface area (TPSA) is 98.2 Å². The van der Waals surface area contributed by atoms with Crippen LogP contribution in [0.25, 0.3) is 0 Å². The Morgan fingerprint density at radius 2 is 2.03 bits per heavy atom. The minimum Gasteiger partial charge on any atom is -0.487 e. The fourth-order valence-electron chi connectivity index (χ4n) is 4.65. The highest BCUT2D eigenvalue weighted by atomic mass is 32.2. The molecule has 34 heavy (non-hydrogen) atoms. The third-order valence-electron chi connectivity index (χ3n) is 6.20. The Bertz CT molecular complexity index is 1240. The van der Waals surface area contributed by atoms with Crippen LogP contribution in [0.1, 0.15) is 54.8 Å². The number of benzene rings is 1. The van der Waals surface area contributed by atoms with Gasteiger partial charge in [-0.15, -0.1) is 11.8 Å². The Kier molecular flexibility index (Phi) is 6.22. The van der Waals surface area contributed by atoms with E-state index < -0.39 is 0 Å². The van der Waals surface area contributed by atoms with Crippen molar-refractivity contribution in [1.29, 1.82) is 0 Å². The lowest BCUT2D eigenvalue weighted by Gasteiger charge is -2.36. The fourth-order valence-corrected chi connectivity index (χ4v) is 5.80. The number of thioether (sulfide) groups is 1. The van der Waals surface area contributed by atoms with Gasteiger partial charge in [-0.2, -0.15) is 0 Å². The van der Waals surface area contributed by atoms with Crippen LogP contribution in [0.4, 0.5) is 5.82 Å². The molecule has 4 heterocycles. The van der Waals surface area contributed by atoms with Crippen molar-refractivity contribution in [3.63, 3.8) is 0 Å². The van der Waals surface area contributed by atoms with Crippen LogP contribution in [0, 0.1) is 0 Å². The molecular weight excluding hydrogens is 452 g/mol. The number of para-hydroxylation sites is 1. The van der Waals surface area contributed by atoms with Gasteiger partial charge in [-0.25, -0.2) is 0 Å². The summed E-state index contributed by atoms with van der Waals surface area (Å²) >= 11 is 1.43. The van der Waals surface area contributed by atoms with Gasteiger partial charge >= 0.3 is 0 Å². The average molecular weight is 481 g/mol. The number of rotatable bonds is 5. The second-order valence-electron chi connectivity index (χ2n) is 9.21. The highest BCUT2D eigenvalue weighted by Crippen LogP contribution is 2.44. The van der Waals surface area contributed by atoms with E-state index in [-0.39, 0.29) is 34.1 Å². The van der Waals surface area contributed by atoms with E-state index in [2.05, 4.69) is 15.4 Å². The van der Waals surface area contributed by atoms with E-state index in [4.69, 9.17) is 9.47 Å². The van der Waals surface area contributed by atoms with Crippen LogP contribution in [-0.2, 0) is 16.1 Å². The summed E-state index contributed by atoms with van der Waals surface area (Å²) in [7, 11) is 0. The first-order valence-corrected chi connectivity index (χ1v) is 12.5. The summed E-state index contributed by atoms with van der Waals surface area (Å²) in [5.74, 6) is 1.34. The molecule has 2 aliphatic rings. The third kappa shape index (κ3) is 4.63. The van der Waals surface area contributed by atoms with Crippen molar-refractivity contribution >= 4 is 23.5 Å². The molecule has 5 rings (SSSR count). The number of nitrogens with zero attached hydrogens (tertiary/aromatic N) is 2. The van der Waals surface area contributed by atoms with Crippen molar-refractivity contribution < 1.29 is 14.3 Å². The molecule has 178 valence electrons. The number of hydrogen-bond donors (Lipinski definition) is 2. The van der Waals surface area contributed by atoms with E-state index in [1.807, 2.05) is 61.0 Å². The third-order valence-corrected chi connectivity index (χ3v) is 7.45. The van der Waals surface area contributed by atoms with Crippen LogP contribution in [0.15, 0.2) is 53.5 Å². The van der Waals surface area contributed by atoms with Crippen molar-refractivity contribution in [3.8, 4) is 5.75 Å². The lowest BCUT2D eigenvalue weighted by molar-refractivity contribution is -0.113. The predicted octanol–water partition coefficient (Wildman–Crippen LogP) is 4.06. The maximum absolute atomic E-state index is 13.3. The molecule has 0 unspecified atom stereocenters. The predicted molar refractivity (Wildman–Crippen MR) is 131 cm³/mol. The number of aromatic amines is 1.